The van der Waals surface area contributed by atoms with Gasteiger partial charge in [-0.25, -0.2) is 4.39 Å². The quantitative estimate of drug-likeness (QED) is 0.382. The first-order valence-electron chi connectivity index (χ1n) is 12.1. The number of benzene rings is 4. The first-order chi connectivity index (χ1) is 16.7. The van der Waals surface area contributed by atoms with Crippen molar-refractivity contribution in [2.24, 2.45) is 0 Å². The lowest BCUT2D eigenvalue weighted by Gasteiger charge is -2.40. The van der Waals surface area contributed by atoms with Crippen LogP contribution in [0.1, 0.15) is 35.3 Å². The Balaban J connectivity index is 1.23. The number of hydrogen-bond donors (Lipinski definition) is 1. The van der Waals surface area contributed by atoms with Crippen LogP contribution < -0.4 is 0 Å². The number of nitrogens with zero attached hydrogens (tertiary/aromatic N) is 2. The lowest BCUT2D eigenvalue weighted by Crippen LogP contribution is -2.48. The Morgan fingerprint density at radius 2 is 1.24 bits per heavy atom. The molecule has 0 saturated carbocycles. The number of aliphatic hydroxyl groups excluding tert-OH is 1. The van der Waals surface area contributed by atoms with Crippen LogP contribution in [-0.4, -0.2) is 47.6 Å². The lowest BCUT2D eigenvalue weighted by atomic mass is 9.96. The standard InChI is InChI=1S/C30H31FN2O/c31-28-16-15-27(25-13-7-8-14-26(25)28)29(34)17-18-32-19-21-33(22-20-32)30(23-9-3-1-4-10-23)24-11-5-2-6-12-24/h1-16,29-30,34H,17-22H2. The molecule has 3 nitrogen and oxygen atoms in total. The van der Waals surface area contributed by atoms with E-state index in [1.807, 2.05) is 18.2 Å². The van der Waals surface area contributed by atoms with Gasteiger partial charge in [-0.1, -0.05) is 91.0 Å². The fourth-order valence-corrected chi connectivity index (χ4v) is 5.17. The van der Waals surface area contributed by atoms with Crippen LogP contribution in [-0.2, 0) is 0 Å². The van der Waals surface area contributed by atoms with Gasteiger partial charge in [-0.05, 0) is 34.6 Å². The molecule has 1 unspecified atom stereocenters. The summed E-state index contributed by atoms with van der Waals surface area (Å²) in [7, 11) is 0. The average molecular weight is 455 g/mol. The van der Waals surface area contributed by atoms with Crippen LogP contribution in [0.2, 0.25) is 0 Å². The van der Waals surface area contributed by atoms with E-state index in [9.17, 15) is 9.50 Å². The van der Waals surface area contributed by atoms with Crippen LogP contribution in [0.15, 0.2) is 97.1 Å². The summed E-state index contributed by atoms with van der Waals surface area (Å²) in [6.45, 7) is 4.70. The van der Waals surface area contributed by atoms with E-state index in [0.29, 0.717) is 11.8 Å². The molecule has 0 aromatic heterocycles. The molecule has 0 aliphatic carbocycles. The SMILES string of the molecule is OC(CCN1CCN(C(c2ccccc2)c2ccccc2)CC1)c1ccc(F)c2ccccc12. The van der Waals surface area contributed by atoms with Crippen molar-refractivity contribution in [3.63, 3.8) is 0 Å². The molecule has 34 heavy (non-hydrogen) atoms. The molecule has 0 bridgehead atoms. The van der Waals surface area contributed by atoms with Crippen molar-refractivity contribution >= 4 is 10.8 Å². The Kier molecular flexibility index (Phi) is 7.00. The zero-order chi connectivity index (χ0) is 23.3. The molecule has 1 fully saturated rings. The molecule has 1 aliphatic heterocycles. The minimum Gasteiger partial charge on any atom is -0.388 e. The zero-order valence-electron chi connectivity index (χ0n) is 19.4. The van der Waals surface area contributed by atoms with Crippen molar-refractivity contribution in [2.75, 3.05) is 32.7 Å². The van der Waals surface area contributed by atoms with Gasteiger partial charge < -0.3 is 10.0 Å². The Hall–Kier alpha value is -3.05. The number of halogens is 1. The van der Waals surface area contributed by atoms with Crippen molar-refractivity contribution in [2.45, 2.75) is 18.6 Å². The van der Waals surface area contributed by atoms with E-state index in [4.69, 9.17) is 0 Å². The van der Waals surface area contributed by atoms with E-state index >= 15 is 0 Å². The summed E-state index contributed by atoms with van der Waals surface area (Å²) in [5.41, 5.74) is 3.45. The van der Waals surface area contributed by atoms with Gasteiger partial charge in [-0.15, -0.1) is 0 Å². The van der Waals surface area contributed by atoms with Gasteiger partial charge >= 0.3 is 0 Å². The smallest absolute Gasteiger partial charge is 0.131 e. The van der Waals surface area contributed by atoms with E-state index in [-0.39, 0.29) is 11.9 Å². The molecule has 1 N–H and O–H groups in total. The topological polar surface area (TPSA) is 26.7 Å². The summed E-state index contributed by atoms with van der Waals surface area (Å²) < 4.78 is 14.2. The van der Waals surface area contributed by atoms with Crippen LogP contribution in [0.25, 0.3) is 10.8 Å². The fourth-order valence-electron chi connectivity index (χ4n) is 5.17. The van der Waals surface area contributed by atoms with Gasteiger partial charge in [0.2, 0.25) is 0 Å². The van der Waals surface area contributed by atoms with E-state index in [0.717, 1.165) is 43.7 Å². The zero-order valence-corrected chi connectivity index (χ0v) is 19.4. The van der Waals surface area contributed by atoms with Gasteiger partial charge in [0, 0.05) is 38.1 Å². The molecule has 1 saturated heterocycles. The molecule has 4 aromatic rings. The van der Waals surface area contributed by atoms with Crippen molar-refractivity contribution in [1.29, 1.82) is 0 Å². The van der Waals surface area contributed by atoms with Crippen molar-refractivity contribution in [3.8, 4) is 0 Å². The van der Waals surface area contributed by atoms with Gasteiger partial charge in [0.15, 0.2) is 0 Å². The molecule has 174 valence electrons. The Morgan fingerprint density at radius 3 is 1.85 bits per heavy atom. The monoisotopic (exact) mass is 454 g/mol. The normalized spacial score (nSPS) is 16.2. The summed E-state index contributed by atoms with van der Waals surface area (Å²) in [5, 5.41) is 12.3. The molecular formula is C30H31FN2O. The predicted molar refractivity (Wildman–Crippen MR) is 136 cm³/mol. The van der Waals surface area contributed by atoms with Gasteiger partial charge in [0.25, 0.3) is 0 Å². The first-order valence-corrected chi connectivity index (χ1v) is 12.1. The van der Waals surface area contributed by atoms with Crippen molar-refractivity contribution < 1.29 is 9.50 Å². The predicted octanol–water partition coefficient (Wildman–Crippen LogP) is 5.81. The van der Waals surface area contributed by atoms with Crippen LogP contribution in [0.5, 0.6) is 0 Å². The van der Waals surface area contributed by atoms with E-state index in [1.165, 1.54) is 17.2 Å². The molecule has 1 heterocycles. The molecule has 0 amide bonds. The lowest BCUT2D eigenvalue weighted by molar-refractivity contribution is 0.0890. The van der Waals surface area contributed by atoms with Gasteiger partial charge in [-0.3, -0.25) is 4.90 Å². The van der Waals surface area contributed by atoms with Gasteiger partial charge in [0.1, 0.15) is 5.82 Å². The third kappa shape index (κ3) is 4.90. The molecule has 0 spiro atoms. The molecule has 1 atom stereocenters. The van der Waals surface area contributed by atoms with E-state index in [1.54, 1.807) is 12.1 Å². The third-order valence-electron chi connectivity index (χ3n) is 6.99. The molecule has 4 heteroatoms. The molecular weight excluding hydrogens is 423 g/mol. The van der Waals surface area contributed by atoms with Gasteiger partial charge in [0.05, 0.1) is 12.1 Å². The third-order valence-corrected chi connectivity index (χ3v) is 6.99. The second-order valence-corrected chi connectivity index (χ2v) is 9.09. The van der Waals surface area contributed by atoms with Crippen molar-refractivity contribution in [3.05, 3.63) is 120 Å². The molecule has 1 aliphatic rings. The second-order valence-electron chi connectivity index (χ2n) is 9.09. The minimum atomic E-state index is -0.607. The van der Waals surface area contributed by atoms with E-state index < -0.39 is 6.10 Å². The summed E-state index contributed by atoms with van der Waals surface area (Å²) in [4.78, 5) is 4.99. The molecule has 5 rings (SSSR count). The maximum atomic E-state index is 14.2. The Bertz CT molecular complexity index is 1170. The summed E-state index contributed by atoms with van der Waals surface area (Å²) >= 11 is 0. The van der Waals surface area contributed by atoms with Crippen LogP contribution in [0.3, 0.4) is 0 Å². The number of aliphatic hydroxyl groups is 1. The fraction of sp³-hybridized carbons (Fsp3) is 0.267. The highest BCUT2D eigenvalue weighted by molar-refractivity contribution is 5.86. The summed E-state index contributed by atoms with van der Waals surface area (Å²) in [6.07, 6.45) is 0.0288. The second kappa shape index (κ2) is 10.5. The Labute approximate surface area is 201 Å². The Morgan fingerprint density at radius 1 is 0.676 bits per heavy atom. The maximum Gasteiger partial charge on any atom is 0.131 e. The molecule has 4 aromatic carbocycles. The first kappa shape index (κ1) is 22.7. The van der Waals surface area contributed by atoms with Crippen molar-refractivity contribution in [1.82, 2.24) is 9.80 Å². The largest absolute Gasteiger partial charge is 0.388 e. The maximum absolute atomic E-state index is 14.2. The van der Waals surface area contributed by atoms with Crippen LogP contribution >= 0.6 is 0 Å². The highest BCUT2D eigenvalue weighted by atomic mass is 19.1. The summed E-state index contributed by atoms with van der Waals surface area (Å²) in [5.74, 6) is -0.242. The number of piperazine rings is 1. The van der Waals surface area contributed by atoms with Gasteiger partial charge in [-0.2, -0.15) is 0 Å². The van der Waals surface area contributed by atoms with Crippen LogP contribution in [0, 0.1) is 5.82 Å². The van der Waals surface area contributed by atoms with E-state index in [2.05, 4.69) is 70.5 Å². The summed E-state index contributed by atoms with van der Waals surface area (Å²) in [6, 6.07) is 32.3. The number of fused-ring (bicyclic) bond motifs is 1. The number of hydrogen-bond acceptors (Lipinski definition) is 3. The highest BCUT2D eigenvalue weighted by Gasteiger charge is 2.26. The minimum absolute atomic E-state index is 0.242. The number of rotatable bonds is 7. The molecule has 0 radical (unpaired) electrons. The van der Waals surface area contributed by atoms with Crippen LogP contribution in [0.4, 0.5) is 4.39 Å². The highest BCUT2D eigenvalue weighted by Crippen LogP contribution is 2.31. The average Bonchev–Trinajstić information content (AvgIpc) is 2.90.